The van der Waals surface area contributed by atoms with Gasteiger partial charge in [-0.25, -0.2) is 0 Å². The highest BCUT2D eigenvalue weighted by Gasteiger charge is 2.08. The molecule has 0 saturated carbocycles. The van der Waals surface area contributed by atoms with Crippen molar-refractivity contribution in [2.24, 2.45) is 0 Å². The third-order valence-electron chi connectivity index (χ3n) is 2.96. The number of aliphatic hydroxyl groups is 1. The summed E-state index contributed by atoms with van der Waals surface area (Å²) in [5.41, 5.74) is 2.22. The predicted octanol–water partition coefficient (Wildman–Crippen LogP) is 3.27. The molecule has 5 heteroatoms. The van der Waals surface area contributed by atoms with Gasteiger partial charge in [0.15, 0.2) is 6.61 Å². The topological polar surface area (TPSA) is 58.6 Å². The summed E-state index contributed by atoms with van der Waals surface area (Å²) in [6.45, 7) is 1.71. The van der Waals surface area contributed by atoms with Crippen LogP contribution in [-0.4, -0.2) is 17.6 Å². The van der Waals surface area contributed by atoms with Gasteiger partial charge in [-0.2, -0.15) is 0 Å². The summed E-state index contributed by atoms with van der Waals surface area (Å²) in [4.78, 5) is 11.9. The number of aryl methyl sites for hydroxylation is 1. The molecule has 0 bridgehead atoms. The van der Waals surface area contributed by atoms with Crippen molar-refractivity contribution in [1.82, 2.24) is 0 Å². The molecule has 0 unspecified atom stereocenters. The number of benzene rings is 2. The molecule has 0 saturated heterocycles. The first-order valence-electron chi connectivity index (χ1n) is 6.47. The smallest absolute Gasteiger partial charge is 0.262 e. The van der Waals surface area contributed by atoms with Gasteiger partial charge >= 0.3 is 0 Å². The van der Waals surface area contributed by atoms with Crippen molar-refractivity contribution in [3.63, 3.8) is 0 Å². The maximum Gasteiger partial charge on any atom is 0.262 e. The number of ether oxygens (including phenoxy) is 1. The molecule has 0 fully saturated rings. The zero-order chi connectivity index (χ0) is 15.2. The summed E-state index contributed by atoms with van der Waals surface area (Å²) in [7, 11) is 0. The second-order valence-electron chi connectivity index (χ2n) is 4.56. The van der Waals surface area contributed by atoms with E-state index in [4.69, 9.17) is 4.74 Å². The van der Waals surface area contributed by atoms with Gasteiger partial charge in [0.05, 0.1) is 6.61 Å². The zero-order valence-electron chi connectivity index (χ0n) is 11.6. The average molecular weight is 350 g/mol. The number of carbonyl (C=O) groups excluding carboxylic acids is 1. The quantitative estimate of drug-likeness (QED) is 0.870. The number of carbonyl (C=O) groups is 1. The number of para-hydroxylation sites is 1. The number of hydrogen-bond donors (Lipinski definition) is 2. The number of aliphatic hydroxyl groups excluding tert-OH is 1. The van der Waals surface area contributed by atoms with Gasteiger partial charge in [-0.3, -0.25) is 4.79 Å². The Kier molecular flexibility index (Phi) is 5.36. The maximum absolute atomic E-state index is 11.9. The highest BCUT2D eigenvalue weighted by molar-refractivity contribution is 9.10. The fourth-order valence-corrected chi connectivity index (χ4v) is 2.36. The first-order chi connectivity index (χ1) is 10.1. The Morgan fingerprint density at radius 3 is 2.76 bits per heavy atom. The van der Waals surface area contributed by atoms with E-state index in [1.807, 2.05) is 31.2 Å². The summed E-state index contributed by atoms with van der Waals surface area (Å²) >= 11 is 3.38. The van der Waals surface area contributed by atoms with Crippen molar-refractivity contribution >= 4 is 27.5 Å². The summed E-state index contributed by atoms with van der Waals surface area (Å²) in [5.74, 6) is 0.405. The van der Waals surface area contributed by atoms with Crippen LogP contribution in [0.1, 0.15) is 11.1 Å². The van der Waals surface area contributed by atoms with Gasteiger partial charge in [0, 0.05) is 15.7 Å². The number of nitrogens with one attached hydrogen (secondary N) is 1. The fourth-order valence-electron chi connectivity index (χ4n) is 1.88. The standard InChI is InChI=1S/C16H16BrNO3/c1-11-8-13(17)6-7-15(11)21-10-16(20)18-14-5-3-2-4-12(14)9-19/h2-8,19H,9-10H2,1H3,(H,18,20). The van der Waals surface area contributed by atoms with Crippen LogP contribution in [-0.2, 0) is 11.4 Å². The summed E-state index contributed by atoms with van der Waals surface area (Å²) < 4.78 is 6.47. The molecule has 0 aliphatic rings. The van der Waals surface area contributed by atoms with Gasteiger partial charge in [0.25, 0.3) is 5.91 Å². The summed E-state index contributed by atoms with van der Waals surface area (Å²) in [6, 6.07) is 12.7. The van der Waals surface area contributed by atoms with E-state index < -0.39 is 0 Å². The van der Waals surface area contributed by atoms with Crippen molar-refractivity contribution in [1.29, 1.82) is 0 Å². The van der Waals surface area contributed by atoms with Crippen LogP contribution in [0.15, 0.2) is 46.9 Å². The Labute approximate surface area is 131 Å². The molecule has 1 amide bonds. The molecule has 0 atom stereocenters. The number of anilines is 1. The minimum Gasteiger partial charge on any atom is -0.483 e. The molecule has 0 spiro atoms. The van der Waals surface area contributed by atoms with E-state index in [1.54, 1.807) is 18.2 Å². The van der Waals surface area contributed by atoms with E-state index in [0.29, 0.717) is 17.0 Å². The van der Waals surface area contributed by atoms with Crippen LogP contribution >= 0.6 is 15.9 Å². The largest absolute Gasteiger partial charge is 0.483 e. The first kappa shape index (κ1) is 15.5. The lowest BCUT2D eigenvalue weighted by Gasteiger charge is -2.11. The minimum atomic E-state index is -0.266. The van der Waals surface area contributed by atoms with Crippen molar-refractivity contribution in [2.45, 2.75) is 13.5 Å². The van der Waals surface area contributed by atoms with E-state index in [0.717, 1.165) is 10.0 Å². The summed E-state index contributed by atoms with van der Waals surface area (Å²) in [6.07, 6.45) is 0. The first-order valence-corrected chi connectivity index (χ1v) is 7.27. The van der Waals surface area contributed by atoms with Crippen molar-refractivity contribution in [2.75, 3.05) is 11.9 Å². The molecule has 2 rings (SSSR count). The van der Waals surface area contributed by atoms with Crippen molar-refractivity contribution in [3.05, 3.63) is 58.1 Å². The Morgan fingerprint density at radius 1 is 1.29 bits per heavy atom. The number of hydrogen-bond acceptors (Lipinski definition) is 3. The highest BCUT2D eigenvalue weighted by Crippen LogP contribution is 2.22. The Balaban J connectivity index is 1.96. The van der Waals surface area contributed by atoms with Gasteiger partial charge in [-0.05, 0) is 36.8 Å². The van der Waals surface area contributed by atoms with Gasteiger partial charge in [-0.15, -0.1) is 0 Å². The molecule has 0 aliphatic heterocycles. The molecule has 0 heterocycles. The van der Waals surface area contributed by atoms with Crippen molar-refractivity contribution in [3.8, 4) is 5.75 Å². The van der Waals surface area contributed by atoms with Crippen LogP contribution in [0, 0.1) is 6.92 Å². The predicted molar refractivity (Wildman–Crippen MR) is 85.4 cm³/mol. The fraction of sp³-hybridized carbons (Fsp3) is 0.188. The molecule has 0 aliphatic carbocycles. The minimum absolute atomic E-state index is 0.0811. The Bertz CT molecular complexity index is 643. The van der Waals surface area contributed by atoms with Gasteiger partial charge in [0.1, 0.15) is 5.75 Å². The van der Waals surface area contributed by atoms with Crippen LogP contribution in [0.4, 0.5) is 5.69 Å². The normalized spacial score (nSPS) is 10.2. The van der Waals surface area contributed by atoms with E-state index in [-0.39, 0.29) is 19.1 Å². The van der Waals surface area contributed by atoms with Crippen molar-refractivity contribution < 1.29 is 14.6 Å². The molecule has 21 heavy (non-hydrogen) atoms. The number of halogens is 1. The summed E-state index contributed by atoms with van der Waals surface area (Å²) in [5, 5.41) is 11.9. The second-order valence-corrected chi connectivity index (χ2v) is 5.48. The molecule has 0 aromatic heterocycles. The lowest BCUT2D eigenvalue weighted by molar-refractivity contribution is -0.118. The van der Waals surface area contributed by atoms with Gasteiger partial charge < -0.3 is 15.2 Å². The van der Waals surface area contributed by atoms with Crippen LogP contribution in [0.3, 0.4) is 0 Å². The van der Waals surface area contributed by atoms with Gasteiger partial charge in [-0.1, -0.05) is 34.1 Å². The van der Waals surface area contributed by atoms with E-state index in [2.05, 4.69) is 21.2 Å². The third-order valence-corrected chi connectivity index (χ3v) is 3.45. The molecule has 2 N–H and O–H groups in total. The zero-order valence-corrected chi connectivity index (χ0v) is 13.2. The Hall–Kier alpha value is -1.85. The van der Waals surface area contributed by atoms with Crippen LogP contribution in [0.5, 0.6) is 5.75 Å². The maximum atomic E-state index is 11.9. The lowest BCUT2D eigenvalue weighted by Crippen LogP contribution is -2.21. The van der Waals surface area contributed by atoms with E-state index >= 15 is 0 Å². The molecular weight excluding hydrogens is 334 g/mol. The number of amides is 1. The van der Waals surface area contributed by atoms with Crippen LogP contribution < -0.4 is 10.1 Å². The number of rotatable bonds is 5. The average Bonchev–Trinajstić information content (AvgIpc) is 2.47. The van der Waals surface area contributed by atoms with E-state index in [9.17, 15) is 9.90 Å². The molecule has 110 valence electrons. The third kappa shape index (κ3) is 4.31. The highest BCUT2D eigenvalue weighted by atomic mass is 79.9. The van der Waals surface area contributed by atoms with Gasteiger partial charge in [0.2, 0.25) is 0 Å². The van der Waals surface area contributed by atoms with Crippen LogP contribution in [0.25, 0.3) is 0 Å². The SMILES string of the molecule is Cc1cc(Br)ccc1OCC(=O)Nc1ccccc1CO. The molecule has 2 aromatic carbocycles. The molecule has 4 nitrogen and oxygen atoms in total. The lowest BCUT2D eigenvalue weighted by atomic mass is 10.2. The molecule has 0 radical (unpaired) electrons. The van der Waals surface area contributed by atoms with E-state index in [1.165, 1.54) is 0 Å². The molecular formula is C16H16BrNO3. The Morgan fingerprint density at radius 2 is 2.05 bits per heavy atom. The monoisotopic (exact) mass is 349 g/mol. The second kappa shape index (κ2) is 7.24. The molecule has 2 aromatic rings. The van der Waals surface area contributed by atoms with Crippen LogP contribution in [0.2, 0.25) is 0 Å².